The quantitative estimate of drug-likeness (QED) is 0.578. The van der Waals surface area contributed by atoms with E-state index in [2.05, 4.69) is 32.0 Å². The lowest BCUT2D eigenvalue weighted by Crippen LogP contribution is -2.11. The average Bonchev–Trinajstić information content (AvgIpc) is 2.53. The predicted octanol–water partition coefficient (Wildman–Crippen LogP) is 6.71. The highest BCUT2D eigenvalue weighted by Crippen LogP contribution is 2.37. The molecule has 0 heterocycles. The number of rotatable bonds is 2. The highest BCUT2D eigenvalue weighted by atomic mass is 19.1. The Labute approximate surface area is 139 Å². The fourth-order valence-corrected chi connectivity index (χ4v) is 3.96. The van der Waals surface area contributed by atoms with E-state index in [4.69, 9.17) is 0 Å². The minimum Gasteiger partial charge on any atom is -0.206 e. The van der Waals surface area contributed by atoms with Crippen molar-refractivity contribution >= 4 is 0 Å². The maximum absolute atomic E-state index is 13.9. The van der Waals surface area contributed by atoms with Crippen LogP contribution in [-0.4, -0.2) is 0 Å². The van der Waals surface area contributed by atoms with Gasteiger partial charge in [-0.2, -0.15) is 0 Å². The van der Waals surface area contributed by atoms with Crippen molar-refractivity contribution in [3.8, 4) is 11.1 Å². The number of aryl methyl sites for hydroxylation is 3. The molecule has 0 aromatic heterocycles. The topological polar surface area (TPSA) is 0 Å². The molecular weight excluding hydrogens is 283 g/mol. The molecular formula is C22H27F. The number of hydrogen-bond donors (Lipinski definition) is 0. The summed E-state index contributed by atoms with van der Waals surface area (Å²) in [6.07, 6.45) is 5.33. The van der Waals surface area contributed by atoms with Crippen molar-refractivity contribution in [1.29, 1.82) is 0 Å². The zero-order chi connectivity index (χ0) is 16.6. The minimum atomic E-state index is -0.0839. The Hall–Kier alpha value is -1.63. The zero-order valence-corrected chi connectivity index (χ0v) is 14.7. The van der Waals surface area contributed by atoms with Crippen LogP contribution in [0.2, 0.25) is 0 Å². The first kappa shape index (κ1) is 16.2. The summed E-state index contributed by atoms with van der Waals surface area (Å²) in [5.41, 5.74) is 6.58. The Morgan fingerprint density at radius 3 is 2.00 bits per heavy atom. The van der Waals surface area contributed by atoms with Gasteiger partial charge in [-0.25, -0.2) is 4.39 Å². The van der Waals surface area contributed by atoms with E-state index in [1.165, 1.54) is 42.4 Å². The van der Waals surface area contributed by atoms with Crippen LogP contribution >= 0.6 is 0 Å². The molecule has 23 heavy (non-hydrogen) atoms. The van der Waals surface area contributed by atoms with Crippen molar-refractivity contribution in [2.45, 2.75) is 59.3 Å². The summed E-state index contributed by atoms with van der Waals surface area (Å²) in [6, 6.07) is 10.8. The smallest absolute Gasteiger partial charge is 0.129 e. The van der Waals surface area contributed by atoms with Gasteiger partial charge >= 0.3 is 0 Å². The van der Waals surface area contributed by atoms with Gasteiger partial charge in [0.25, 0.3) is 0 Å². The second-order valence-corrected chi connectivity index (χ2v) is 7.46. The SMILES string of the molecule is Cc1cc(C2CCC(C)CC2)ccc1-c1cc(C)c(F)c(C)c1. The first-order valence-corrected chi connectivity index (χ1v) is 8.83. The summed E-state index contributed by atoms with van der Waals surface area (Å²) in [5, 5.41) is 0. The molecule has 1 aliphatic carbocycles. The van der Waals surface area contributed by atoms with Crippen molar-refractivity contribution in [3.63, 3.8) is 0 Å². The molecule has 0 radical (unpaired) electrons. The summed E-state index contributed by atoms with van der Waals surface area (Å²) in [7, 11) is 0. The normalized spacial score (nSPS) is 21.4. The van der Waals surface area contributed by atoms with Crippen LogP contribution in [0.1, 0.15) is 60.8 Å². The van der Waals surface area contributed by atoms with E-state index in [-0.39, 0.29) is 5.82 Å². The van der Waals surface area contributed by atoms with Gasteiger partial charge in [-0.15, -0.1) is 0 Å². The second kappa shape index (κ2) is 6.47. The van der Waals surface area contributed by atoms with Crippen LogP contribution in [0.15, 0.2) is 30.3 Å². The third-order valence-electron chi connectivity index (χ3n) is 5.49. The molecule has 0 amide bonds. The third-order valence-corrected chi connectivity index (χ3v) is 5.49. The van der Waals surface area contributed by atoms with Crippen LogP contribution in [0.25, 0.3) is 11.1 Å². The molecule has 1 heteroatoms. The molecule has 1 saturated carbocycles. The molecule has 2 aromatic rings. The van der Waals surface area contributed by atoms with Crippen molar-refractivity contribution in [1.82, 2.24) is 0 Å². The summed E-state index contributed by atoms with van der Waals surface area (Å²) in [4.78, 5) is 0. The number of halogens is 1. The van der Waals surface area contributed by atoms with E-state index in [0.717, 1.165) is 28.5 Å². The largest absolute Gasteiger partial charge is 0.206 e. The van der Waals surface area contributed by atoms with Crippen LogP contribution in [-0.2, 0) is 0 Å². The third kappa shape index (κ3) is 3.34. The monoisotopic (exact) mass is 310 g/mol. The Morgan fingerprint density at radius 1 is 0.826 bits per heavy atom. The molecule has 2 aromatic carbocycles. The van der Waals surface area contributed by atoms with Crippen molar-refractivity contribution in [2.75, 3.05) is 0 Å². The van der Waals surface area contributed by atoms with Crippen molar-refractivity contribution < 1.29 is 4.39 Å². The summed E-state index contributed by atoms with van der Waals surface area (Å²) in [6.45, 7) is 8.24. The molecule has 0 nitrogen and oxygen atoms in total. The maximum atomic E-state index is 13.9. The van der Waals surface area contributed by atoms with E-state index in [0.29, 0.717) is 0 Å². The van der Waals surface area contributed by atoms with Crippen molar-refractivity contribution in [3.05, 3.63) is 58.4 Å². The van der Waals surface area contributed by atoms with Gasteiger partial charge < -0.3 is 0 Å². The predicted molar refractivity (Wildman–Crippen MR) is 96.4 cm³/mol. The highest BCUT2D eigenvalue weighted by molar-refractivity contribution is 5.69. The molecule has 0 bridgehead atoms. The summed E-state index contributed by atoms with van der Waals surface area (Å²) in [5.74, 6) is 1.52. The zero-order valence-electron chi connectivity index (χ0n) is 14.7. The minimum absolute atomic E-state index is 0.0839. The van der Waals surface area contributed by atoms with Gasteiger partial charge in [0.2, 0.25) is 0 Å². The second-order valence-electron chi connectivity index (χ2n) is 7.46. The van der Waals surface area contributed by atoms with E-state index in [1.54, 1.807) is 0 Å². The summed E-state index contributed by atoms with van der Waals surface area (Å²) >= 11 is 0. The first-order chi connectivity index (χ1) is 11.0. The summed E-state index contributed by atoms with van der Waals surface area (Å²) < 4.78 is 13.9. The van der Waals surface area contributed by atoms with Crippen LogP contribution in [0.5, 0.6) is 0 Å². The lowest BCUT2D eigenvalue weighted by Gasteiger charge is -2.27. The molecule has 0 saturated heterocycles. The van der Waals surface area contributed by atoms with Crippen LogP contribution < -0.4 is 0 Å². The molecule has 1 aliphatic rings. The van der Waals surface area contributed by atoms with Gasteiger partial charge in [0.05, 0.1) is 0 Å². The molecule has 0 N–H and O–H groups in total. The Kier molecular flexibility index (Phi) is 4.57. The maximum Gasteiger partial charge on any atom is 0.129 e. The van der Waals surface area contributed by atoms with Gasteiger partial charge in [-0.3, -0.25) is 0 Å². The van der Waals surface area contributed by atoms with Gasteiger partial charge in [0.1, 0.15) is 5.82 Å². The first-order valence-electron chi connectivity index (χ1n) is 8.83. The Morgan fingerprint density at radius 2 is 1.43 bits per heavy atom. The van der Waals surface area contributed by atoms with E-state index < -0.39 is 0 Å². The molecule has 0 atom stereocenters. The average molecular weight is 310 g/mol. The number of benzene rings is 2. The Bertz CT molecular complexity index is 683. The fraction of sp³-hybridized carbons (Fsp3) is 0.455. The molecule has 122 valence electrons. The van der Waals surface area contributed by atoms with Crippen LogP contribution in [0.4, 0.5) is 4.39 Å². The van der Waals surface area contributed by atoms with Gasteiger partial charge in [-0.05, 0) is 91.0 Å². The highest BCUT2D eigenvalue weighted by Gasteiger charge is 2.20. The standard InChI is InChI=1S/C22H27F/c1-14-5-7-18(8-6-14)19-9-10-21(15(2)11-19)20-12-16(3)22(23)17(4)13-20/h9-14,18H,5-8H2,1-4H3. The van der Waals surface area contributed by atoms with E-state index in [1.807, 2.05) is 26.0 Å². The molecule has 1 fully saturated rings. The van der Waals surface area contributed by atoms with Gasteiger partial charge in [-0.1, -0.05) is 38.0 Å². The Balaban J connectivity index is 1.91. The van der Waals surface area contributed by atoms with Gasteiger partial charge in [0, 0.05) is 0 Å². The number of hydrogen-bond acceptors (Lipinski definition) is 0. The lowest BCUT2D eigenvalue weighted by atomic mass is 9.79. The lowest BCUT2D eigenvalue weighted by molar-refractivity contribution is 0.348. The van der Waals surface area contributed by atoms with Crippen LogP contribution in [0.3, 0.4) is 0 Å². The molecule has 0 spiro atoms. The van der Waals surface area contributed by atoms with Crippen molar-refractivity contribution in [2.24, 2.45) is 5.92 Å². The molecule has 0 aliphatic heterocycles. The fourth-order valence-electron chi connectivity index (χ4n) is 3.96. The van der Waals surface area contributed by atoms with Crippen LogP contribution in [0, 0.1) is 32.5 Å². The van der Waals surface area contributed by atoms with E-state index in [9.17, 15) is 4.39 Å². The van der Waals surface area contributed by atoms with E-state index >= 15 is 0 Å². The molecule has 0 unspecified atom stereocenters. The van der Waals surface area contributed by atoms with Gasteiger partial charge in [0.15, 0.2) is 0 Å². The molecule has 3 rings (SSSR count).